The maximum Gasteiger partial charge on any atom is 0.127 e. The zero-order chi connectivity index (χ0) is 14.8. The number of hydrogen-bond acceptors (Lipinski definition) is 2. The van der Waals surface area contributed by atoms with E-state index in [0.29, 0.717) is 0 Å². The molecule has 2 aromatic carbocycles. The quantitative estimate of drug-likeness (QED) is 0.572. The summed E-state index contributed by atoms with van der Waals surface area (Å²) in [5.74, 6) is 4.39. The van der Waals surface area contributed by atoms with Crippen LogP contribution in [0.1, 0.15) is 24.8 Å². The van der Waals surface area contributed by atoms with Crippen LogP contribution in [0.15, 0.2) is 54.6 Å². The average Bonchev–Trinajstić information content (AvgIpc) is 2.52. The van der Waals surface area contributed by atoms with Crippen molar-refractivity contribution in [2.24, 2.45) is 0 Å². The minimum absolute atomic E-state index is 0.849. The molecule has 1 N–H and O–H groups in total. The van der Waals surface area contributed by atoms with Gasteiger partial charge in [-0.1, -0.05) is 30.3 Å². The fourth-order valence-electron chi connectivity index (χ4n) is 2.05. The van der Waals surface area contributed by atoms with Gasteiger partial charge in [0.15, 0.2) is 0 Å². The smallest absolute Gasteiger partial charge is 0.127 e. The molecule has 0 heterocycles. The molecule has 0 spiro atoms. The summed E-state index contributed by atoms with van der Waals surface area (Å²) >= 11 is 0. The van der Waals surface area contributed by atoms with E-state index in [-0.39, 0.29) is 0 Å². The Balaban J connectivity index is 1.80. The Bertz CT molecular complexity index is 572. The van der Waals surface area contributed by atoms with Gasteiger partial charge in [0.05, 0.1) is 0 Å². The number of ether oxygens (including phenoxy) is 1. The first-order valence-electron chi connectivity index (χ1n) is 7.34. The van der Waals surface area contributed by atoms with Crippen LogP contribution in [0.3, 0.4) is 0 Å². The standard InChI is InChI=1S/C19H21NO/c1-2-3-4-8-14-20-16-17-10-9-13-19(15-17)21-18-11-6-5-7-12-18/h1,5-7,9-13,15,20H,3-4,8,14,16H2. The third-order valence-electron chi connectivity index (χ3n) is 3.13. The molecule has 0 saturated carbocycles. The molecule has 0 saturated heterocycles. The lowest BCUT2D eigenvalue weighted by atomic mass is 10.2. The lowest BCUT2D eigenvalue weighted by Gasteiger charge is -2.08. The van der Waals surface area contributed by atoms with Crippen LogP contribution in [0.2, 0.25) is 0 Å². The average molecular weight is 279 g/mol. The summed E-state index contributed by atoms with van der Waals surface area (Å²) in [4.78, 5) is 0. The van der Waals surface area contributed by atoms with E-state index in [4.69, 9.17) is 11.2 Å². The van der Waals surface area contributed by atoms with E-state index in [1.807, 2.05) is 42.5 Å². The van der Waals surface area contributed by atoms with Crippen molar-refractivity contribution in [2.45, 2.75) is 25.8 Å². The largest absolute Gasteiger partial charge is 0.457 e. The van der Waals surface area contributed by atoms with Crippen molar-refractivity contribution in [3.63, 3.8) is 0 Å². The van der Waals surface area contributed by atoms with Crippen molar-refractivity contribution in [1.29, 1.82) is 0 Å². The van der Waals surface area contributed by atoms with Crippen LogP contribution in [0.4, 0.5) is 0 Å². The zero-order valence-electron chi connectivity index (χ0n) is 12.2. The molecular weight excluding hydrogens is 258 g/mol. The molecule has 0 aliphatic heterocycles. The fraction of sp³-hybridized carbons (Fsp3) is 0.263. The van der Waals surface area contributed by atoms with Crippen LogP contribution >= 0.6 is 0 Å². The van der Waals surface area contributed by atoms with Crippen molar-refractivity contribution in [2.75, 3.05) is 6.54 Å². The van der Waals surface area contributed by atoms with Crippen LogP contribution in [-0.2, 0) is 6.54 Å². The van der Waals surface area contributed by atoms with Gasteiger partial charge in [-0.25, -0.2) is 0 Å². The van der Waals surface area contributed by atoms with Gasteiger partial charge < -0.3 is 10.1 Å². The maximum atomic E-state index is 5.83. The molecule has 2 aromatic rings. The van der Waals surface area contributed by atoms with E-state index in [1.165, 1.54) is 5.56 Å². The molecule has 2 rings (SSSR count). The Kier molecular flexibility index (Phi) is 6.38. The van der Waals surface area contributed by atoms with Crippen molar-refractivity contribution in [1.82, 2.24) is 5.32 Å². The molecule has 0 atom stereocenters. The predicted octanol–water partition coefficient (Wildman–Crippen LogP) is 4.37. The van der Waals surface area contributed by atoms with Crippen molar-refractivity contribution in [3.05, 3.63) is 60.2 Å². The Morgan fingerprint density at radius 2 is 1.76 bits per heavy atom. The van der Waals surface area contributed by atoms with E-state index in [2.05, 4.69) is 23.4 Å². The minimum Gasteiger partial charge on any atom is -0.457 e. The number of nitrogens with one attached hydrogen (secondary N) is 1. The van der Waals surface area contributed by atoms with Gasteiger partial charge >= 0.3 is 0 Å². The number of benzene rings is 2. The highest BCUT2D eigenvalue weighted by molar-refractivity contribution is 5.33. The number of para-hydroxylation sites is 1. The fourth-order valence-corrected chi connectivity index (χ4v) is 2.05. The van der Waals surface area contributed by atoms with Crippen LogP contribution in [-0.4, -0.2) is 6.54 Å². The molecule has 0 bridgehead atoms. The van der Waals surface area contributed by atoms with Crippen LogP contribution in [0, 0.1) is 12.3 Å². The summed E-state index contributed by atoms with van der Waals surface area (Å²) in [6.07, 6.45) is 8.29. The van der Waals surface area contributed by atoms with Crippen molar-refractivity contribution >= 4 is 0 Å². The maximum absolute atomic E-state index is 5.83. The lowest BCUT2D eigenvalue weighted by molar-refractivity contribution is 0.481. The van der Waals surface area contributed by atoms with Gasteiger partial charge in [-0.2, -0.15) is 0 Å². The SMILES string of the molecule is C#CCCCCNCc1cccc(Oc2ccccc2)c1. The normalized spacial score (nSPS) is 10.0. The van der Waals surface area contributed by atoms with Crippen LogP contribution in [0.5, 0.6) is 11.5 Å². The second kappa shape index (κ2) is 8.84. The summed E-state index contributed by atoms with van der Waals surface area (Å²) in [7, 11) is 0. The van der Waals surface area contributed by atoms with Crippen LogP contribution in [0.25, 0.3) is 0 Å². The van der Waals surface area contributed by atoms with E-state index < -0.39 is 0 Å². The molecule has 0 fully saturated rings. The first-order chi connectivity index (χ1) is 10.4. The molecule has 0 aromatic heterocycles. The minimum atomic E-state index is 0.849. The zero-order valence-corrected chi connectivity index (χ0v) is 12.2. The number of hydrogen-bond donors (Lipinski definition) is 1. The molecule has 108 valence electrons. The monoisotopic (exact) mass is 279 g/mol. The third kappa shape index (κ3) is 5.72. The number of rotatable bonds is 8. The van der Waals surface area contributed by atoms with E-state index in [9.17, 15) is 0 Å². The molecule has 2 nitrogen and oxygen atoms in total. The molecule has 0 unspecified atom stereocenters. The molecule has 0 radical (unpaired) electrons. The predicted molar refractivity (Wildman–Crippen MR) is 87.3 cm³/mol. The van der Waals surface area contributed by atoms with E-state index >= 15 is 0 Å². The number of terminal acetylenes is 1. The molecular formula is C19H21NO. The van der Waals surface area contributed by atoms with Gasteiger partial charge in [0.25, 0.3) is 0 Å². The second-order valence-electron chi connectivity index (χ2n) is 4.90. The highest BCUT2D eigenvalue weighted by Gasteiger charge is 1.99. The van der Waals surface area contributed by atoms with Crippen molar-refractivity contribution < 1.29 is 4.74 Å². The van der Waals surface area contributed by atoms with E-state index in [1.54, 1.807) is 0 Å². The molecule has 0 amide bonds. The Morgan fingerprint density at radius 3 is 2.57 bits per heavy atom. The first-order valence-corrected chi connectivity index (χ1v) is 7.34. The van der Waals surface area contributed by atoms with Crippen LogP contribution < -0.4 is 10.1 Å². The summed E-state index contributed by atoms with van der Waals surface area (Å²) in [5.41, 5.74) is 1.22. The van der Waals surface area contributed by atoms with Gasteiger partial charge in [0, 0.05) is 13.0 Å². The van der Waals surface area contributed by atoms with E-state index in [0.717, 1.165) is 43.9 Å². The summed E-state index contributed by atoms with van der Waals surface area (Å²) in [6.45, 7) is 1.84. The van der Waals surface area contributed by atoms with Gasteiger partial charge in [-0.15, -0.1) is 12.3 Å². The Morgan fingerprint density at radius 1 is 0.952 bits per heavy atom. The van der Waals surface area contributed by atoms with Gasteiger partial charge in [0.1, 0.15) is 11.5 Å². The molecule has 21 heavy (non-hydrogen) atoms. The summed E-state index contributed by atoms with van der Waals surface area (Å²) in [6, 6.07) is 18.0. The van der Waals surface area contributed by atoms with Gasteiger partial charge in [-0.3, -0.25) is 0 Å². The lowest BCUT2D eigenvalue weighted by Crippen LogP contribution is -2.14. The number of unbranched alkanes of at least 4 members (excludes halogenated alkanes) is 2. The second-order valence-corrected chi connectivity index (χ2v) is 4.90. The Labute approximate surface area is 127 Å². The van der Waals surface area contributed by atoms with Crippen molar-refractivity contribution in [3.8, 4) is 23.8 Å². The van der Waals surface area contributed by atoms with Gasteiger partial charge in [0.2, 0.25) is 0 Å². The summed E-state index contributed by atoms with van der Waals surface area (Å²) < 4.78 is 5.83. The molecule has 2 heteroatoms. The summed E-state index contributed by atoms with van der Waals surface area (Å²) in [5, 5.41) is 3.43. The Hall–Kier alpha value is -2.24. The van der Waals surface area contributed by atoms with Gasteiger partial charge in [-0.05, 0) is 49.2 Å². The molecule has 0 aliphatic carbocycles. The molecule has 0 aliphatic rings. The highest BCUT2D eigenvalue weighted by Crippen LogP contribution is 2.21. The topological polar surface area (TPSA) is 21.3 Å². The first kappa shape index (κ1) is 15.2. The highest BCUT2D eigenvalue weighted by atomic mass is 16.5. The third-order valence-corrected chi connectivity index (χ3v) is 3.13.